The lowest BCUT2D eigenvalue weighted by Gasteiger charge is -2.38. The zero-order chi connectivity index (χ0) is 33.1. The molecule has 0 saturated heterocycles. The van der Waals surface area contributed by atoms with Gasteiger partial charge in [-0.25, -0.2) is 17.6 Å². The monoisotopic (exact) mass is 652 g/mol. The number of benzene rings is 3. The Labute approximate surface area is 257 Å². The molecule has 3 N–H and O–H groups in total. The second-order valence-corrected chi connectivity index (χ2v) is 12.5. The van der Waals surface area contributed by atoms with Gasteiger partial charge in [0.15, 0.2) is 0 Å². The molecule has 1 aliphatic rings. The van der Waals surface area contributed by atoms with Gasteiger partial charge in [0.1, 0.15) is 17.7 Å². The Kier molecular flexibility index (Phi) is 9.92. The number of aliphatic hydroxyl groups excluding tert-OH is 1. The van der Waals surface area contributed by atoms with Crippen LogP contribution in [0.3, 0.4) is 0 Å². The Morgan fingerprint density at radius 2 is 1.71 bits per heavy atom. The third-order valence-electron chi connectivity index (χ3n) is 7.30. The van der Waals surface area contributed by atoms with Gasteiger partial charge in [0.2, 0.25) is 0 Å². The molecule has 4 rings (SSSR count). The van der Waals surface area contributed by atoms with Crippen LogP contribution in [0, 0.1) is 11.7 Å². The van der Waals surface area contributed by atoms with Gasteiger partial charge in [-0.3, -0.25) is 9.52 Å². The highest BCUT2D eigenvalue weighted by molar-refractivity contribution is 7.92. The molecule has 0 spiro atoms. The topological polar surface area (TPSA) is 128 Å². The highest BCUT2D eigenvalue weighted by Gasteiger charge is 2.35. The van der Waals surface area contributed by atoms with Crippen LogP contribution in [-0.2, 0) is 16.2 Å². The first kappa shape index (κ1) is 33.5. The van der Waals surface area contributed by atoms with Gasteiger partial charge in [0.05, 0.1) is 35.2 Å². The summed E-state index contributed by atoms with van der Waals surface area (Å²) in [7, 11) is -2.66. The van der Waals surface area contributed by atoms with Crippen LogP contribution in [0.4, 0.5) is 33.7 Å². The van der Waals surface area contributed by atoms with E-state index in [-0.39, 0.29) is 53.2 Å². The van der Waals surface area contributed by atoms with Gasteiger partial charge in [-0.1, -0.05) is 6.92 Å². The fourth-order valence-electron chi connectivity index (χ4n) is 4.65. The van der Waals surface area contributed by atoms with Crippen LogP contribution in [0.2, 0.25) is 0 Å². The van der Waals surface area contributed by atoms with Crippen LogP contribution in [-0.4, -0.2) is 74.2 Å². The Bertz CT molecular complexity index is 1640. The van der Waals surface area contributed by atoms with E-state index >= 15 is 0 Å². The smallest absolute Gasteiger partial charge is 0.416 e. The zero-order valence-corrected chi connectivity index (χ0v) is 25.3. The Balaban J connectivity index is 1.57. The lowest BCUT2D eigenvalue weighted by molar-refractivity contribution is -0.137. The maximum absolute atomic E-state index is 13.7. The van der Waals surface area contributed by atoms with Crippen molar-refractivity contribution >= 4 is 33.3 Å². The van der Waals surface area contributed by atoms with Crippen LogP contribution in [0.15, 0.2) is 71.6 Å². The number of anilines is 2. The quantitative estimate of drug-likeness (QED) is 0.293. The second-order valence-electron chi connectivity index (χ2n) is 10.8. The van der Waals surface area contributed by atoms with Crippen molar-refractivity contribution < 1.29 is 45.4 Å². The van der Waals surface area contributed by atoms with Crippen LogP contribution >= 0.6 is 0 Å². The van der Waals surface area contributed by atoms with Crippen LogP contribution in [0.25, 0.3) is 0 Å². The third kappa shape index (κ3) is 8.02. The van der Waals surface area contributed by atoms with E-state index in [4.69, 9.17) is 4.74 Å². The predicted octanol–water partition coefficient (Wildman–Crippen LogP) is 5.03. The van der Waals surface area contributed by atoms with Crippen LogP contribution in [0.1, 0.15) is 29.8 Å². The molecule has 45 heavy (non-hydrogen) atoms. The molecule has 1 aliphatic heterocycles. The molecule has 0 unspecified atom stereocenters. The van der Waals surface area contributed by atoms with E-state index in [1.165, 1.54) is 35.0 Å². The number of nitrogens with zero attached hydrogens (tertiary/aromatic N) is 2. The minimum absolute atomic E-state index is 0.00155. The molecule has 0 radical (unpaired) electrons. The number of halogens is 4. The lowest BCUT2D eigenvalue weighted by Crippen LogP contribution is -2.50. The molecule has 10 nitrogen and oxygen atoms in total. The molecule has 0 fully saturated rings. The van der Waals surface area contributed by atoms with Crippen molar-refractivity contribution in [2.75, 3.05) is 36.8 Å². The van der Waals surface area contributed by atoms with Gasteiger partial charge in [0, 0.05) is 30.9 Å². The molecule has 15 heteroatoms. The van der Waals surface area contributed by atoms with Crippen molar-refractivity contribution in [2.45, 2.75) is 37.1 Å². The van der Waals surface area contributed by atoms with E-state index in [0.717, 1.165) is 48.5 Å². The van der Waals surface area contributed by atoms with Crippen molar-refractivity contribution in [3.63, 3.8) is 0 Å². The fraction of sp³-hybridized carbons (Fsp3) is 0.333. The van der Waals surface area contributed by atoms with Gasteiger partial charge in [-0.2, -0.15) is 13.2 Å². The number of hydrogen-bond donors (Lipinski definition) is 3. The first-order chi connectivity index (χ1) is 21.1. The van der Waals surface area contributed by atoms with Crippen molar-refractivity contribution in [3.8, 4) is 5.75 Å². The van der Waals surface area contributed by atoms with E-state index in [0.29, 0.717) is 0 Å². The van der Waals surface area contributed by atoms with E-state index < -0.39 is 51.7 Å². The van der Waals surface area contributed by atoms with Crippen molar-refractivity contribution in [1.82, 2.24) is 9.80 Å². The molecular formula is C30H32F4N4O6S. The maximum Gasteiger partial charge on any atom is 0.416 e. The number of carbonyl (C=O) groups is 2. The number of ether oxygens (including phenoxy) is 1. The number of hydrogen-bond acceptors (Lipinski definition) is 6. The normalized spacial score (nSPS) is 17.8. The summed E-state index contributed by atoms with van der Waals surface area (Å²) in [6.07, 6.45) is -5.21. The minimum Gasteiger partial charge on any atom is -0.487 e. The Hall–Kier alpha value is -4.37. The molecular weight excluding hydrogens is 620 g/mol. The lowest BCUT2D eigenvalue weighted by atomic mass is 9.99. The number of amides is 3. The molecule has 0 saturated carbocycles. The molecule has 3 atom stereocenters. The third-order valence-corrected chi connectivity index (χ3v) is 8.70. The van der Waals surface area contributed by atoms with Gasteiger partial charge in [-0.15, -0.1) is 0 Å². The maximum atomic E-state index is 13.7. The number of rotatable bonds is 8. The largest absolute Gasteiger partial charge is 0.487 e. The molecule has 3 amide bonds. The number of fused-ring (bicyclic) bond motifs is 1. The molecule has 0 aromatic heterocycles. The Morgan fingerprint density at radius 3 is 2.31 bits per heavy atom. The number of alkyl halides is 3. The van der Waals surface area contributed by atoms with Crippen molar-refractivity contribution in [3.05, 3.63) is 83.7 Å². The summed E-state index contributed by atoms with van der Waals surface area (Å²) in [6, 6.07) is 11.0. The number of nitrogens with one attached hydrogen (secondary N) is 2. The molecule has 3 aromatic rings. The number of sulfonamides is 1. The van der Waals surface area contributed by atoms with E-state index in [1.54, 1.807) is 13.8 Å². The summed E-state index contributed by atoms with van der Waals surface area (Å²) in [5.41, 5.74) is -0.666. The summed E-state index contributed by atoms with van der Waals surface area (Å²) in [4.78, 5) is 29.1. The SMILES string of the molecule is C[C@@H]1CN([C@@H](C)CO)C(=O)c2cc(NS(=O)(=O)c3ccc(F)cc3)ccc2O[C@@H]1CN(C)C(=O)Nc1ccc(C(F)(F)F)cc1. The number of carbonyl (C=O) groups excluding carboxylic acids is 2. The van der Waals surface area contributed by atoms with Gasteiger partial charge in [0.25, 0.3) is 15.9 Å². The number of urea groups is 1. The van der Waals surface area contributed by atoms with E-state index in [1.807, 2.05) is 0 Å². The van der Waals surface area contributed by atoms with Crippen LogP contribution < -0.4 is 14.8 Å². The molecule has 242 valence electrons. The average Bonchev–Trinajstić information content (AvgIpc) is 2.98. The number of likely N-dealkylation sites (N-methyl/N-ethyl adjacent to an activating group) is 1. The molecule has 0 bridgehead atoms. The fourth-order valence-corrected chi connectivity index (χ4v) is 5.70. The predicted molar refractivity (Wildman–Crippen MR) is 158 cm³/mol. The summed E-state index contributed by atoms with van der Waals surface area (Å²) in [5, 5.41) is 12.4. The first-order valence-electron chi connectivity index (χ1n) is 13.8. The van der Waals surface area contributed by atoms with Gasteiger partial charge >= 0.3 is 12.2 Å². The first-order valence-corrected chi connectivity index (χ1v) is 15.3. The summed E-state index contributed by atoms with van der Waals surface area (Å²) in [5.74, 6) is -1.39. The molecule has 0 aliphatic carbocycles. The second kappa shape index (κ2) is 13.3. The summed E-state index contributed by atoms with van der Waals surface area (Å²) < 4.78 is 86.3. The average molecular weight is 653 g/mol. The van der Waals surface area contributed by atoms with E-state index in [9.17, 15) is 40.7 Å². The summed E-state index contributed by atoms with van der Waals surface area (Å²) >= 11 is 0. The van der Waals surface area contributed by atoms with Crippen LogP contribution in [0.5, 0.6) is 5.75 Å². The minimum atomic E-state index is -4.52. The Morgan fingerprint density at radius 1 is 1.09 bits per heavy atom. The summed E-state index contributed by atoms with van der Waals surface area (Å²) in [6.45, 7) is 3.21. The van der Waals surface area contributed by atoms with Gasteiger partial charge in [-0.05, 0) is 73.7 Å². The van der Waals surface area contributed by atoms with Crippen molar-refractivity contribution in [2.24, 2.45) is 5.92 Å². The zero-order valence-electron chi connectivity index (χ0n) is 24.5. The van der Waals surface area contributed by atoms with Crippen molar-refractivity contribution in [1.29, 1.82) is 0 Å². The number of aliphatic hydroxyl groups is 1. The molecule has 1 heterocycles. The highest BCUT2D eigenvalue weighted by Crippen LogP contribution is 2.32. The van der Waals surface area contributed by atoms with E-state index in [2.05, 4.69) is 10.0 Å². The standard InChI is InChI=1S/C30H32F4N4O6S/c1-18-15-38(19(2)17-39)28(40)25-14-23(36-45(42,43)24-11-6-21(31)7-12-24)10-13-26(25)44-27(18)16-37(3)29(41)35-22-8-4-20(5-9-22)30(32,33)34/h4-14,18-19,27,36,39H,15-17H2,1-3H3,(H,35,41)/t18-,19+,27-/m1/s1. The highest BCUT2D eigenvalue weighted by atomic mass is 32.2. The van der Waals surface area contributed by atoms with Gasteiger partial charge < -0.3 is 25.0 Å². The molecule has 3 aromatic carbocycles.